The molecule has 1 atom stereocenters. The van der Waals surface area contributed by atoms with E-state index in [1.54, 1.807) is 0 Å². The van der Waals surface area contributed by atoms with Crippen LogP contribution in [0.1, 0.15) is 30.1 Å². The van der Waals surface area contributed by atoms with Gasteiger partial charge in [-0.1, -0.05) is 6.92 Å². The van der Waals surface area contributed by atoms with Crippen LogP contribution < -0.4 is 5.56 Å². The lowest BCUT2D eigenvalue weighted by Crippen LogP contribution is -2.37. The number of hydrogen-bond donors (Lipinski definition) is 1. The number of likely N-dealkylation sites (N-methyl/N-ethyl adjacent to an activating group) is 1. The van der Waals surface area contributed by atoms with Gasteiger partial charge in [0.1, 0.15) is 11.9 Å². The van der Waals surface area contributed by atoms with E-state index in [2.05, 4.69) is 14.9 Å². The average molecular weight is 237 g/mol. The zero-order valence-corrected chi connectivity index (χ0v) is 10.6. The summed E-state index contributed by atoms with van der Waals surface area (Å²) in [7, 11) is 2.04. The molecule has 0 aromatic carbocycles. The van der Waals surface area contributed by atoms with Crippen molar-refractivity contribution in [1.82, 2.24) is 14.9 Å². The van der Waals surface area contributed by atoms with Crippen molar-refractivity contribution in [2.75, 3.05) is 26.7 Å². The van der Waals surface area contributed by atoms with E-state index in [9.17, 15) is 4.79 Å². The van der Waals surface area contributed by atoms with E-state index in [0.717, 1.165) is 25.2 Å². The average Bonchev–Trinajstić information content (AvgIpc) is 2.32. The molecule has 5 heteroatoms. The van der Waals surface area contributed by atoms with Gasteiger partial charge in [-0.15, -0.1) is 0 Å². The van der Waals surface area contributed by atoms with Gasteiger partial charge in [-0.3, -0.25) is 4.79 Å². The van der Waals surface area contributed by atoms with Crippen molar-refractivity contribution < 1.29 is 4.74 Å². The van der Waals surface area contributed by atoms with Gasteiger partial charge in [0, 0.05) is 18.7 Å². The van der Waals surface area contributed by atoms with Gasteiger partial charge in [-0.2, -0.15) is 0 Å². The van der Waals surface area contributed by atoms with E-state index >= 15 is 0 Å². The largest absolute Gasteiger partial charge is 0.368 e. The third-order valence-electron chi connectivity index (χ3n) is 3.18. The maximum absolute atomic E-state index is 11.8. The molecule has 0 saturated carbocycles. The van der Waals surface area contributed by atoms with Crippen molar-refractivity contribution in [2.24, 2.45) is 0 Å². The van der Waals surface area contributed by atoms with Crippen LogP contribution in [0.4, 0.5) is 0 Å². The summed E-state index contributed by atoms with van der Waals surface area (Å²) in [6, 6.07) is 0. The van der Waals surface area contributed by atoms with Gasteiger partial charge >= 0.3 is 0 Å². The summed E-state index contributed by atoms with van der Waals surface area (Å²) in [5.74, 6) is 0.656. The highest BCUT2D eigenvalue weighted by molar-refractivity contribution is 5.16. The lowest BCUT2D eigenvalue weighted by Gasteiger charge is -2.29. The van der Waals surface area contributed by atoms with E-state index < -0.39 is 0 Å². The molecule has 0 radical (unpaired) electrons. The molecule has 1 N–H and O–H groups in total. The first-order chi connectivity index (χ1) is 8.11. The van der Waals surface area contributed by atoms with Crippen LogP contribution in [0.5, 0.6) is 0 Å². The Morgan fingerprint density at radius 3 is 3.00 bits per heavy atom. The number of morpholine rings is 1. The van der Waals surface area contributed by atoms with Crippen LogP contribution in [-0.2, 0) is 11.2 Å². The van der Waals surface area contributed by atoms with E-state index in [1.165, 1.54) is 0 Å². The molecule has 0 aliphatic carbocycles. The van der Waals surface area contributed by atoms with Crippen molar-refractivity contribution in [3.05, 3.63) is 27.4 Å². The summed E-state index contributed by atoms with van der Waals surface area (Å²) in [5, 5.41) is 0. The standard InChI is InChI=1S/C12H19N3O2/c1-4-9-8(2)12(16)14-11(13-9)10-7-15(3)5-6-17-10/h10H,4-7H2,1-3H3,(H,13,14,16). The van der Waals surface area contributed by atoms with Crippen LogP contribution in [0, 0.1) is 6.92 Å². The van der Waals surface area contributed by atoms with Crippen LogP contribution in [0.2, 0.25) is 0 Å². The van der Waals surface area contributed by atoms with Gasteiger partial charge in [-0.25, -0.2) is 4.98 Å². The molecule has 5 nitrogen and oxygen atoms in total. The Kier molecular flexibility index (Phi) is 3.59. The number of rotatable bonds is 2. The molecule has 1 aromatic heterocycles. The van der Waals surface area contributed by atoms with Crippen molar-refractivity contribution in [3.8, 4) is 0 Å². The molecule has 1 aliphatic heterocycles. The van der Waals surface area contributed by atoms with Crippen LogP contribution in [0.15, 0.2) is 4.79 Å². The van der Waals surface area contributed by atoms with E-state index in [0.29, 0.717) is 18.0 Å². The highest BCUT2D eigenvalue weighted by Gasteiger charge is 2.22. The number of H-pyrrole nitrogens is 1. The number of hydrogen-bond acceptors (Lipinski definition) is 4. The second kappa shape index (κ2) is 4.98. The smallest absolute Gasteiger partial charge is 0.254 e. The normalized spacial score (nSPS) is 21.7. The Hall–Kier alpha value is -1.20. The second-order valence-corrected chi connectivity index (χ2v) is 4.50. The maximum Gasteiger partial charge on any atom is 0.254 e. The number of ether oxygens (including phenoxy) is 1. The molecule has 1 aromatic rings. The Balaban J connectivity index is 2.32. The SMILES string of the molecule is CCc1nc(C2CN(C)CCO2)[nH]c(=O)c1C. The molecule has 0 spiro atoms. The van der Waals surface area contributed by atoms with Gasteiger partial charge in [0.05, 0.1) is 12.3 Å². The van der Waals surface area contributed by atoms with Crippen molar-refractivity contribution in [3.63, 3.8) is 0 Å². The summed E-state index contributed by atoms with van der Waals surface area (Å²) in [6.07, 6.45) is 0.651. The number of aryl methyl sites for hydroxylation is 1. The van der Waals surface area contributed by atoms with Crippen molar-refractivity contribution in [1.29, 1.82) is 0 Å². The summed E-state index contributed by atoms with van der Waals surface area (Å²) < 4.78 is 5.65. The van der Waals surface area contributed by atoms with Crippen molar-refractivity contribution in [2.45, 2.75) is 26.4 Å². The maximum atomic E-state index is 11.8. The van der Waals surface area contributed by atoms with Crippen LogP contribution in [0.25, 0.3) is 0 Å². The third-order valence-corrected chi connectivity index (χ3v) is 3.18. The number of aromatic nitrogens is 2. The lowest BCUT2D eigenvalue weighted by atomic mass is 10.2. The fourth-order valence-electron chi connectivity index (χ4n) is 2.04. The lowest BCUT2D eigenvalue weighted by molar-refractivity contribution is -0.0257. The Labute approximate surface area is 101 Å². The van der Waals surface area contributed by atoms with Gasteiger partial charge < -0.3 is 14.6 Å². The molecule has 1 saturated heterocycles. The highest BCUT2D eigenvalue weighted by atomic mass is 16.5. The highest BCUT2D eigenvalue weighted by Crippen LogP contribution is 2.17. The topological polar surface area (TPSA) is 58.2 Å². The minimum Gasteiger partial charge on any atom is -0.368 e. The van der Waals surface area contributed by atoms with Crippen LogP contribution in [-0.4, -0.2) is 41.6 Å². The van der Waals surface area contributed by atoms with Crippen molar-refractivity contribution >= 4 is 0 Å². The van der Waals surface area contributed by atoms with Crippen LogP contribution >= 0.6 is 0 Å². The Bertz CT molecular complexity index is 456. The van der Waals surface area contributed by atoms with Gasteiger partial charge in [0.2, 0.25) is 0 Å². The summed E-state index contributed by atoms with van der Waals surface area (Å²) in [5.41, 5.74) is 1.52. The Morgan fingerprint density at radius 2 is 2.35 bits per heavy atom. The second-order valence-electron chi connectivity index (χ2n) is 4.50. The van der Waals surface area contributed by atoms with Gasteiger partial charge in [0.15, 0.2) is 0 Å². The minimum atomic E-state index is -0.118. The monoisotopic (exact) mass is 237 g/mol. The Morgan fingerprint density at radius 1 is 1.59 bits per heavy atom. The molecule has 1 fully saturated rings. The molecule has 17 heavy (non-hydrogen) atoms. The number of nitrogens with one attached hydrogen (secondary N) is 1. The number of nitrogens with zero attached hydrogens (tertiary/aromatic N) is 2. The van der Waals surface area contributed by atoms with Gasteiger partial charge in [-0.05, 0) is 20.4 Å². The molecule has 0 bridgehead atoms. The fourth-order valence-corrected chi connectivity index (χ4v) is 2.04. The quantitative estimate of drug-likeness (QED) is 0.820. The van der Waals surface area contributed by atoms with Gasteiger partial charge in [0.25, 0.3) is 5.56 Å². The zero-order chi connectivity index (χ0) is 12.4. The van der Waals surface area contributed by atoms with Crippen LogP contribution in [0.3, 0.4) is 0 Å². The predicted molar refractivity (Wildman–Crippen MR) is 65.2 cm³/mol. The molecule has 1 unspecified atom stereocenters. The first-order valence-electron chi connectivity index (χ1n) is 6.01. The summed E-state index contributed by atoms with van der Waals surface area (Å²) in [4.78, 5) is 21.3. The molecular weight excluding hydrogens is 218 g/mol. The van der Waals surface area contributed by atoms with E-state index in [1.807, 2.05) is 20.9 Å². The molecular formula is C12H19N3O2. The minimum absolute atomic E-state index is 0.0522. The molecule has 1 aliphatic rings. The number of aromatic amines is 1. The molecule has 2 rings (SSSR count). The first-order valence-corrected chi connectivity index (χ1v) is 6.01. The summed E-state index contributed by atoms with van der Waals surface area (Å²) >= 11 is 0. The van der Waals surface area contributed by atoms with E-state index in [-0.39, 0.29) is 11.7 Å². The predicted octanol–water partition coefficient (Wildman–Crippen LogP) is 0.644. The molecule has 0 amide bonds. The first kappa shape index (κ1) is 12.3. The zero-order valence-electron chi connectivity index (χ0n) is 10.6. The van der Waals surface area contributed by atoms with E-state index in [4.69, 9.17) is 4.74 Å². The summed E-state index contributed by atoms with van der Waals surface area (Å²) in [6.45, 7) is 6.19. The fraction of sp³-hybridized carbons (Fsp3) is 0.667. The third kappa shape index (κ3) is 2.56. The molecule has 2 heterocycles. The molecule has 94 valence electrons.